The molecular weight excluding hydrogens is 283 g/mol. The van der Waals surface area contributed by atoms with Crippen molar-refractivity contribution in [1.82, 2.24) is 9.88 Å². The Hall–Kier alpha value is -0.710. The molecule has 19 heavy (non-hydrogen) atoms. The number of aromatic nitrogens is 1. The summed E-state index contributed by atoms with van der Waals surface area (Å²) < 4.78 is 0. The van der Waals surface area contributed by atoms with E-state index in [2.05, 4.69) is 34.2 Å². The van der Waals surface area contributed by atoms with Crippen LogP contribution in [-0.4, -0.2) is 49.7 Å². The highest BCUT2D eigenvalue weighted by atomic mass is 35.5. The van der Waals surface area contributed by atoms with Crippen LogP contribution in [0.2, 0.25) is 10.0 Å². The van der Waals surface area contributed by atoms with Crippen LogP contribution in [0.4, 0.5) is 11.6 Å². The second-order valence-electron chi connectivity index (χ2n) is 5.01. The second-order valence-corrected chi connectivity index (χ2v) is 5.82. The van der Waals surface area contributed by atoms with Crippen molar-refractivity contribution in [2.45, 2.75) is 19.4 Å². The van der Waals surface area contributed by atoms with Crippen LogP contribution in [0, 0.1) is 0 Å². The van der Waals surface area contributed by atoms with Crippen LogP contribution < -0.4 is 10.2 Å². The topological polar surface area (TPSA) is 31.4 Å². The zero-order valence-electron chi connectivity index (χ0n) is 11.6. The zero-order valence-corrected chi connectivity index (χ0v) is 13.1. The van der Waals surface area contributed by atoms with E-state index in [9.17, 15) is 0 Å². The predicted molar refractivity (Wildman–Crippen MR) is 82.7 cm³/mol. The summed E-state index contributed by atoms with van der Waals surface area (Å²) in [5, 5.41) is 4.35. The third kappa shape index (κ3) is 3.25. The first-order valence-corrected chi connectivity index (χ1v) is 7.29. The Balaban J connectivity index is 2.22. The molecule has 0 spiro atoms. The van der Waals surface area contributed by atoms with Gasteiger partial charge in [0, 0.05) is 25.7 Å². The Kier molecular flexibility index (Phi) is 4.76. The van der Waals surface area contributed by atoms with Crippen molar-refractivity contribution in [3.05, 3.63) is 16.1 Å². The van der Waals surface area contributed by atoms with E-state index < -0.39 is 0 Å². The quantitative estimate of drug-likeness (QED) is 0.926. The number of pyridine rings is 1. The average molecular weight is 303 g/mol. The van der Waals surface area contributed by atoms with E-state index in [0.29, 0.717) is 21.9 Å². The van der Waals surface area contributed by atoms with Gasteiger partial charge in [0.25, 0.3) is 0 Å². The maximum Gasteiger partial charge on any atom is 0.150 e. The first-order chi connectivity index (χ1) is 9.02. The van der Waals surface area contributed by atoms with E-state index in [1.807, 2.05) is 6.92 Å². The molecule has 0 amide bonds. The molecular formula is C13H20Cl2N4. The van der Waals surface area contributed by atoms with Gasteiger partial charge in [0.1, 0.15) is 11.6 Å². The van der Waals surface area contributed by atoms with Crippen molar-refractivity contribution in [2.75, 3.05) is 43.9 Å². The van der Waals surface area contributed by atoms with Crippen molar-refractivity contribution in [3.63, 3.8) is 0 Å². The fourth-order valence-corrected chi connectivity index (χ4v) is 2.87. The Morgan fingerprint density at radius 3 is 2.74 bits per heavy atom. The Labute approximate surface area is 124 Å². The second kappa shape index (κ2) is 6.16. The monoisotopic (exact) mass is 302 g/mol. The molecule has 4 nitrogen and oxygen atoms in total. The fourth-order valence-electron chi connectivity index (χ4n) is 2.33. The summed E-state index contributed by atoms with van der Waals surface area (Å²) in [6.45, 7) is 4.73. The van der Waals surface area contributed by atoms with Crippen molar-refractivity contribution in [1.29, 1.82) is 0 Å². The highest BCUT2D eigenvalue weighted by Gasteiger charge is 2.26. The van der Waals surface area contributed by atoms with Gasteiger partial charge in [-0.3, -0.25) is 0 Å². The average Bonchev–Trinajstić information content (AvgIpc) is 2.82. The SMILES string of the molecule is CCNc1nc(N2CCC(N(C)C)C2)c(Cl)cc1Cl. The molecule has 106 valence electrons. The molecule has 1 atom stereocenters. The Morgan fingerprint density at radius 2 is 2.16 bits per heavy atom. The van der Waals surface area contributed by atoms with Crippen LogP contribution in [0.25, 0.3) is 0 Å². The Bertz CT molecular complexity index is 451. The van der Waals surface area contributed by atoms with Crippen LogP contribution in [0.3, 0.4) is 0 Å². The summed E-state index contributed by atoms with van der Waals surface area (Å²) in [5.74, 6) is 1.53. The maximum absolute atomic E-state index is 6.28. The normalized spacial score (nSPS) is 19.3. The number of hydrogen-bond acceptors (Lipinski definition) is 4. The van der Waals surface area contributed by atoms with Gasteiger partial charge in [-0.25, -0.2) is 4.98 Å². The molecule has 1 N–H and O–H groups in total. The van der Waals surface area contributed by atoms with Gasteiger partial charge in [-0.1, -0.05) is 23.2 Å². The number of nitrogens with one attached hydrogen (secondary N) is 1. The van der Waals surface area contributed by atoms with E-state index in [1.54, 1.807) is 6.07 Å². The highest BCUT2D eigenvalue weighted by molar-refractivity contribution is 6.37. The van der Waals surface area contributed by atoms with Gasteiger partial charge in [-0.2, -0.15) is 0 Å². The van der Waals surface area contributed by atoms with Gasteiger partial charge in [-0.05, 0) is 33.5 Å². The van der Waals surface area contributed by atoms with E-state index in [1.165, 1.54) is 0 Å². The fraction of sp³-hybridized carbons (Fsp3) is 0.615. The summed E-state index contributed by atoms with van der Waals surface area (Å²) in [7, 11) is 4.21. The van der Waals surface area contributed by atoms with Crippen LogP contribution in [0.15, 0.2) is 6.07 Å². The largest absolute Gasteiger partial charge is 0.369 e. The van der Waals surface area contributed by atoms with Crippen LogP contribution in [0.1, 0.15) is 13.3 Å². The molecule has 0 bridgehead atoms. The molecule has 0 aromatic carbocycles. The summed E-state index contributed by atoms with van der Waals surface area (Å²) in [6, 6.07) is 2.32. The van der Waals surface area contributed by atoms with Crippen molar-refractivity contribution >= 4 is 34.8 Å². The standard InChI is InChI=1S/C13H20Cl2N4/c1-4-16-12-10(14)7-11(15)13(17-12)19-6-5-9(8-19)18(2)3/h7,9H,4-6,8H2,1-3H3,(H,16,17). The van der Waals surface area contributed by atoms with Crippen LogP contribution in [-0.2, 0) is 0 Å². The third-order valence-corrected chi connectivity index (χ3v) is 4.01. The van der Waals surface area contributed by atoms with E-state index >= 15 is 0 Å². The number of likely N-dealkylation sites (N-methyl/N-ethyl adjacent to an activating group) is 1. The summed E-state index contributed by atoms with van der Waals surface area (Å²) in [6.07, 6.45) is 1.13. The summed E-state index contributed by atoms with van der Waals surface area (Å²) >= 11 is 12.4. The molecule has 1 unspecified atom stereocenters. The first-order valence-electron chi connectivity index (χ1n) is 6.54. The smallest absolute Gasteiger partial charge is 0.150 e. The number of halogens is 2. The highest BCUT2D eigenvalue weighted by Crippen LogP contribution is 2.33. The lowest BCUT2D eigenvalue weighted by Gasteiger charge is -2.22. The molecule has 6 heteroatoms. The molecule has 0 aliphatic carbocycles. The zero-order chi connectivity index (χ0) is 14.0. The van der Waals surface area contributed by atoms with Gasteiger partial charge in [-0.15, -0.1) is 0 Å². The van der Waals surface area contributed by atoms with Crippen LogP contribution in [0.5, 0.6) is 0 Å². The molecule has 1 aromatic heterocycles. The van der Waals surface area contributed by atoms with Crippen LogP contribution >= 0.6 is 23.2 Å². The van der Waals surface area contributed by atoms with E-state index in [0.717, 1.165) is 31.9 Å². The maximum atomic E-state index is 6.28. The molecule has 1 aliphatic rings. The lowest BCUT2D eigenvalue weighted by atomic mass is 10.2. The van der Waals surface area contributed by atoms with Crippen molar-refractivity contribution in [2.24, 2.45) is 0 Å². The number of anilines is 2. The van der Waals surface area contributed by atoms with Gasteiger partial charge < -0.3 is 15.1 Å². The summed E-state index contributed by atoms with van der Waals surface area (Å²) in [5.41, 5.74) is 0. The third-order valence-electron chi connectivity index (χ3n) is 3.45. The minimum atomic E-state index is 0.552. The van der Waals surface area contributed by atoms with Gasteiger partial charge in [0.2, 0.25) is 0 Å². The van der Waals surface area contributed by atoms with E-state index in [-0.39, 0.29) is 0 Å². The molecule has 0 radical (unpaired) electrons. The number of nitrogens with zero attached hydrogens (tertiary/aromatic N) is 3. The van der Waals surface area contributed by atoms with Gasteiger partial charge in [0.15, 0.2) is 0 Å². The van der Waals surface area contributed by atoms with Gasteiger partial charge >= 0.3 is 0 Å². The molecule has 2 rings (SSSR count). The molecule has 1 aromatic rings. The number of rotatable bonds is 4. The van der Waals surface area contributed by atoms with E-state index in [4.69, 9.17) is 23.2 Å². The lowest BCUT2D eigenvalue weighted by molar-refractivity contribution is 0.315. The summed E-state index contributed by atoms with van der Waals surface area (Å²) in [4.78, 5) is 9.04. The van der Waals surface area contributed by atoms with Crippen molar-refractivity contribution in [3.8, 4) is 0 Å². The van der Waals surface area contributed by atoms with Crippen molar-refractivity contribution < 1.29 is 0 Å². The van der Waals surface area contributed by atoms with Gasteiger partial charge in [0.05, 0.1) is 10.0 Å². The lowest BCUT2D eigenvalue weighted by Crippen LogP contribution is -2.31. The molecule has 1 aliphatic heterocycles. The Morgan fingerprint density at radius 1 is 1.42 bits per heavy atom. The molecule has 2 heterocycles. The first kappa shape index (κ1) is 14.7. The minimum Gasteiger partial charge on any atom is -0.369 e. The number of hydrogen-bond donors (Lipinski definition) is 1. The molecule has 1 saturated heterocycles. The minimum absolute atomic E-state index is 0.552. The molecule has 1 fully saturated rings. The predicted octanol–water partition coefficient (Wildman–Crippen LogP) is 2.96. The molecule has 0 saturated carbocycles.